The molecule has 2 heteroatoms. The van der Waals surface area contributed by atoms with Gasteiger partial charge >= 0.3 is 0 Å². The Kier molecular flexibility index (Phi) is 2.69. The summed E-state index contributed by atoms with van der Waals surface area (Å²) >= 11 is 3.55. The maximum absolute atomic E-state index is 8.68. The second kappa shape index (κ2) is 3.98. The molecule has 70 valence electrons. The zero-order valence-electron chi connectivity index (χ0n) is 7.76. The molecule has 1 aromatic rings. The van der Waals surface area contributed by atoms with Gasteiger partial charge in [-0.2, -0.15) is 5.26 Å². The third-order valence-electron chi connectivity index (χ3n) is 2.58. The molecule has 0 heterocycles. The molecule has 0 saturated heterocycles. The number of rotatable bonds is 0. The van der Waals surface area contributed by atoms with Crippen LogP contribution < -0.4 is 0 Å². The molecule has 1 aliphatic carbocycles. The van der Waals surface area contributed by atoms with Gasteiger partial charge in [0.15, 0.2) is 0 Å². The fraction of sp³-hybridized carbons (Fsp3) is 0.250. The van der Waals surface area contributed by atoms with Gasteiger partial charge in [0.1, 0.15) is 0 Å². The Morgan fingerprint density at radius 1 is 1.36 bits per heavy atom. The van der Waals surface area contributed by atoms with Gasteiger partial charge in [-0.3, -0.25) is 0 Å². The van der Waals surface area contributed by atoms with Crippen molar-refractivity contribution < 1.29 is 0 Å². The van der Waals surface area contributed by atoms with Crippen LogP contribution in [0.2, 0.25) is 0 Å². The van der Waals surface area contributed by atoms with Crippen molar-refractivity contribution in [3.8, 4) is 6.07 Å². The molecule has 2 rings (SSSR count). The molecule has 0 amide bonds. The minimum atomic E-state index is 1.02. The van der Waals surface area contributed by atoms with E-state index in [1.54, 1.807) is 6.08 Å². The molecule has 0 radical (unpaired) electrons. The van der Waals surface area contributed by atoms with Crippen LogP contribution >= 0.6 is 15.9 Å². The Morgan fingerprint density at radius 2 is 2.21 bits per heavy atom. The van der Waals surface area contributed by atoms with Gasteiger partial charge in [-0.25, -0.2) is 0 Å². The highest BCUT2D eigenvalue weighted by Crippen LogP contribution is 2.34. The number of nitrogens with zero attached hydrogens (tertiary/aromatic N) is 1. The van der Waals surface area contributed by atoms with Crippen LogP contribution in [0, 0.1) is 11.3 Å². The van der Waals surface area contributed by atoms with Crippen molar-refractivity contribution in [1.82, 2.24) is 0 Å². The van der Waals surface area contributed by atoms with Crippen molar-refractivity contribution in [3.05, 3.63) is 39.9 Å². The Labute approximate surface area is 92.2 Å². The van der Waals surface area contributed by atoms with E-state index in [4.69, 9.17) is 5.26 Å². The number of hydrogen-bond donors (Lipinski definition) is 0. The van der Waals surface area contributed by atoms with Gasteiger partial charge < -0.3 is 0 Å². The van der Waals surface area contributed by atoms with E-state index < -0.39 is 0 Å². The SMILES string of the molecule is N#C/C=C1/CCCc2c(Br)cccc21. The normalized spacial score (nSPS) is 17.6. The molecule has 0 atom stereocenters. The van der Waals surface area contributed by atoms with Gasteiger partial charge in [-0.05, 0) is 42.0 Å². The second-order valence-corrected chi connectivity index (χ2v) is 4.27. The summed E-state index contributed by atoms with van der Waals surface area (Å²) in [7, 11) is 0. The standard InChI is InChI=1S/C12H10BrN/c13-12-6-2-4-10-9(7-8-14)3-1-5-11(10)12/h2,4,6-7H,1,3,5H2/b9-7-. The van der Waals surface area contributed by atoms with E-state index in [9.17, 15) is 0 Å². The molecule has 1 aromatic carbocycles. The maximum Gasteiger partial charge on any atom is 0.0915 e. The highest BCUT2D eigenvalue weighted by molar-refractivity contribution is 9.10. The van der Waals surface area contributed by atoms with Gasteiger partial charge in [-0.15, -0.1) is 0 Å². The molecule has 0 bridgehead atoms. The van der Waals surface area contributed by atoms with Crippen molar-refractivity contribution in [1.29, 1.82) is 5.26 Å². The number of benzene rings is 1. The Balaban J connectivity index is 2.57. The van der Waals surface area contributed by atoms with Crippen LogP contribution in [0.5, 0.6) is 0 Å². The topological polar surface area (TPSA) is 23.8 Å². The fourth-order valence-electron chi connectivity index (χ4n) is 1.93. The lowest BCUT2D eigenvalue weighted by molar-refractivity contribution is 0.818. The summed E-state index contributed by atoms with van der Waals surface area (Å²) in [6.45, 7) is 0. The quantitative estimate of drug-likeness (QED) is 0.642. The van der Waals surface area contributed by atoms with E-state index in [1.165, 1.54) is 21.2 Å². The highest BCUT2D eigenvalue weighted by atomic mass is 79.9. The van der Waals surface area contributed by atoms with Crippen LogP contribution in [0.25, 0.3) is 5.57 Å². The summed E-state index contributed by atoms with van der Waals surface area (Å²) in [4.78, 5) is 0. The third-order valence-corrected chi connectivity index (χ3v) is 3.32. The first kappa shape index (κ1) is 9.48. The van der Waals surface area contributed by atoms with Gasteiger partial charge in [-0.1, -0.05) is 28.1 Å². The maximum atomic E-state index is 8.68. The predicted octanol–water partition coefficient (Wildman–Crippen LogP) is 3.69. The van der Waals surface area contributed by atoms with E-state index in [-0.39, 0.29) is 0 Å². The Morgan fingerprint density at radius 3 is 3.00 bits per heavy atom. The van der Waals surface area contributed by atoms with E-state index in [2.05, 4.69) is 34.1 Å². The zero-order chi connectivity index (χ0) is 9.97. The number of hydrogen-bond acceptors (Lipinski definition) is 1. The first-order valence-electron chi connectivity index (χ1n) is 4.69. The summed E-state index contributed by atoms with van der Waals surface area (Å²) < 4.78 is 1.17. The Bertz CT molecular complexity index is 426. The lowest BCUT2D eigenvalue weighted by Gasteiger charge is -2.19. The van der Waals surface area contributed by atoms with Gasteiger partial charge in [0.25, 0.3) is 0 Å². The average Bonchev–Trinajstić information content (AvgIpc) is 2.20. The molecule has 1 aliphatic rings. The van der Waals surface area contributed by atoms with Gasteiger partial charge in [0, 0.05) is 10.5 Å². The van der Waals surface area contributed by atoms with Crippen LogP contribution in [-0.2, 0) is 6.42 Å². The molecule has 0 unspecified atom stereocenters. The minimum Gasteiger partial charge on any atom is -0.193 e. The average molecular weight is 248 g/mol. The molecule has 14 heavy (non-hydrogen) atoms. The monoisotopic (exact) mass is 247 g/mol. The summed E-state index contributed by atoms with van der Waals surface area (Å²) in [5, 5.41) is 8.68. The molecule has 0 N–H and O–H groups in total. The molecule has 0 aliphatic heterocycles. The number of allylic oxidation sites excluding steroid dienone is 2. The van der Waals surface area contributed by atoms with Gasteiger partial charge in [0.05, 0.1) is 6.07 Å². The number of fused-ring (bicyclic) bond motifs is 1. The van der Waals surface area contributed by atoms with E-state index in [0.29, 0.717) is 0 Å². The Hall–Kier alpha value is -1.07. The van der Waals surface area contributed by atoms with Gasteiger partial charge in [0.2, 0.25) is 0 Å². The first-order valence-corrected chi connectivity index (χ1v) is 5.48. The fourth-order valence-corrected chi connectivity index (χ4v) is 2.50. The molecular formula is C12H10BrN. The number of nitriles is 1. The smallest absolute Gasteiger partial charge is 0.0915 e. The lowest BCUT2D eigenvalue weighted by atomic mass is 9.87. The molecule has 0 spiro atoms. The van der Waals surface area contributed by atoms with E-state index >= 15 is 0 Å². The lowest BCUT2D eigenvalue weighted by Crippen LogP contribution is -2.02. The predicted molar refractivity (Wildman–Crippen MR) is 60.7 cm³/mol. The first-order chi connectivity index (χ1) is 6.83. The number of halogens is 1. The zero-order valence-corrected chi connectivity index (χ0v) is 9.34. The van der Waals surface area contributed by atoms with Crippen LogP contribution in [0.3, 0.4) is 0 Å². The third kappa shape index (κ3) is 1.60. The van der Waals surface area contributed by atoms with Crippen LogP contribution in [0.1, 0.15) is 24.0 Å². The largest absolute Gasteiger partial charge is 0.193 e. The summed E-state index contributed by atoms with van der Waals surface area (Å²) in [5.41, 5.74) is 3.77. The molecule has 0 saturated carbocycles. The summed E-state index contributed by atoms with van der Waals surface area (Å²) in [6.07, 6.45) is 4.95. The highest BCUT2D eigenvalue weighted by Gasteiger charge is 2.15. The van der Waals surface area contributed by atoms with Crippen LogP contribution in [-0.4, -0.2) is 0 Å². The van der Waals surface area contributed by atoms with Crippen molar-refractivity contribution in [2.75, 3.05) is 0 Å². The molecule has 0 fully saturated rings. The molecular weight excluding hydrogens is 238 g/mol. The van der Waals surface area contributed by atoms with Crippen LogP contribution in [0.15, 0.2) is 28.7 Å². The van der Waals surface area contributed by atoms with Crippen molar-refractivity contribution in [2.24, 2.45) is 0 Å². The molecule has 1 nitrogen and oxygen atoms in total. The molecule has 0 aromatic heterocycles. The van der Waals surface area contributed by atoms with Crippen LogP contribution in [0.4, 0.5) is 0 Å². The van der Waals surface area contributed by atoms with Crippen molar-refractivity contribution in [3.63, 3.8) is 0 Å². The summed E-state index contributed by atoms with van der Waals surface area (Å²) in [5.74, 6) is 0. The second-order valence-electron chi connectivity index (χ2n) is 3.42. The van der Waals surface area contributed by atoms with Crippen molar-refractivity contribution in [2.45, 2.75) is 19.3 Å². The summed E-state index contributed by atoms with van der Waals surface area (Å²) in [6, 6.07) is 8.31. The van der Waals surface area contributed by atoms with E-state index in [1.807, 2.05) is 6.07 Å². The van der Waals surface area contributed by atoms with Crippen molar-refractivity contribution >= 4 is 21.5 Å². The minimum absolute atomic E-state index is 1.02. The van der Waals surface area contributed by atoms with E-state index in [0.717, 1.165) is 19.3 Å².